The maximum absolute atomic E-state index is 13.8. The normalized spacial score (nSPS) is 19.8. The Balaban J connectivity index is 1.41. The van der Waals surface area contributed by atoms with E-state index in [1.54, 1.807) is 14.0 Å². The van der Waals surface area contributed by atoms with E-state index in [0.717, 1.165) is 11.1 Å². The number of nitrogens with zero attached hydrogens (tertiary/aromatic N) is 2. The SMILES string of the molecule is CN[C@@H](Cc1ccccc1)C(=O)C[C@H](C(=O)N[C@@H](C)C(=O)N1CCC[C@H]1C(=O)N[C@@H](Cc1ccccc1)C(=O)N1CCC[C@H]1C(=O)O)C(C)C. The van der Waals surface area contributed by atoms with Crippen LogP contribution >= 0.6 is 0 Å². The third-order valence-electron chi connectivity index (χ3n) is 9.87. The largest absolute Gasteiger partial charge is 0.480 e. The number of likely N-dealkylation sites (tertiary alicyclic amines) is 2. The van der Waals surface area contributed by atoms with Crippen molar-refractivity contribution in [1.29, 1.82) is 0 Å². The van der Waals surface area contributed by atoms with Gasteiger partial charge in [-0.3, -0.25) is 24.0 Å². The molecule has 0 aromatic heterocycles. The number of carboxylic acid groups (broad SMARTS) is 1. The monoisotopic (exact) mass is 689 g/mol. The number of rotatable bonds is 16. The number of nitrogens with one attached hydrogen (secondary N) is 3. The van der Waals surface area contributed by atoms with Crippen LogP contribution < -0.4 is 16.0 Å². The molecule has 2 aromatic carbocycles. The summed E-state index contributed by atoms with van der Waals surface area (Å²) in [6.07, 6.45) is 2.50. The van der Waals surface area contributed by atoms with E-state index in [4.69, 9.17) is 0 Å². The fraction of sp³-hybridized carbons (Fsp3) is 0.526. The van der Waals surface area contributed by atoms with Crippen LogP contribution in [0.5, 0.6) is 0 Å². The number of amides is 4. The second-order valence-corrected chi connectivity index (χ2v) is 13.8. The molecule has 50 heavy (non-hydrogen) atoms. The molecular formula is C38H51N5O7. The lowest BCUT2D eigenvalue weighted by molar-refractivity contribution is -0.149. The molecule has 0 aliphatic carbocycles. The maximum atomic E-state index is 13.8. The Morgan fingerprint density at radius 2 is 1.26 bits per heavy atom. The van der Waals surface area contributed by atoms with Crippen molar-refractivity contribution in [3.05, 3.63) is 71.8 Å². The van der Waals surface area contributed by atoms with Gasteiger partial charge in [-0.25, -0.2) is 4.79 Å². The van der Waals surface area contributed by atoms with Crippen molar-refractivity contribution >= 4 is 35.4 Å². The summed E-state index contributed by atoms with van der Waals surface area (Å²) >= 11 is 0. The molecular weight excluding hydrogens is 638 g/mol. The first kappa shape index (κ1) is 38.2. The van der Waals surface area contributed by atoms with Crippen LogP contribution in [-0.4, -0.2) is 101 Å². The summed E-state index contributed by atoms with van der Waals surface area (Å²) in [7, 11) is 1.72. The lowest BCUT2D eigenvalue weighted by atomic mass is 9.86. The minimum Gasteiger partial charge on any atom is -0.480 e. The number of hydrogen-bond donors (Lipinski definition) is 4. The highest BCUT2D eigenvalue weighted by Crippen LogP contribution is 2.23. The molecule has 2 aliphatic rings. The summed E-state index contributed by atoms with van der Waals surface area (Å²) in [5, 5.41) is 18.4. The van der Waals surface area contributed by atoms with Gasteiger partial charge < -0.3 is 30.9 Å². The van der Waals surface area contributed by atoms with Crippen molar-refractivity contribution in [3.8, 4) is 0 Å². The van der Waals surface area contributed by atoms with Gasteiger partial charge >= 0.3 is 5.97 Å². The molecule has 0 bridgehead atoms. The van der Waals surface area contributed by atoms with E-state index in [1.807, 2.05) is 74.5 Å². The second kappa shape index (κ2) is 17.9. The molecule has 2 aromatic rings. The summed E-state index contributed by atoms with van der Waals surface area (Å²) in [5.41, 5.74) is 1.80. The average molecular weight is 690 g/mol. The third-order valence-corrected chi connectivity index (χ3v) is 9.87. The first-order valence-electron chi connectivity index (χ1n) is 17.6. The molecule has 4 amide bonds. The third kappa shape index (κ3) is 9.77. The van der Waals surface area contributed by atoms with Gasteiger partial charge in [-0.05, 0) is 63.1 Å². The first-order chi connectivity index (χ1) is 23.9. The summed E-state index contributed by atoms with van der Waals surface area (Å²) < 4.78 is 0. The second-order valence-electron chi connectivity index (χ2n) is 13.8. The standard InChI is InChI=1S/C38H51N5O7/c1-24(2)28(23-33(44)29(39-4)21-26-13-7-5-8-14-26)34(45)40-25(3)36(47)42-19-11-17-31(42)35(46)41-30(22-27-15-9-6-10-16-27)37(48)43-20-12-18-32(43)38(49)50/h5-10,13-16,24-25,28-32,39H,11-12,17-23H2,1-4H3,(H,40,45)(H,41,46)(H,49,50)/t25-,28-,29-,30-,31-,32-/m0/s1. The zero-order valence-corrected chi connectivity index (χ0v) is 29.5. The smallest absolute Gasteiger partial charge is 0.326 e. The van der Waals surface area contributed by atoms with Gasteiger partial charge in [0.15, 0.2) is 5.78 Å². The number of ketones is 1. The molecule has 2 heterocycles. The summed E-state index contributed by atoms with van der Waals surface area (Å²) in [5.74, 6) is -3.82. The van der Waals surface area contributed by atoms with Crippen LogP contribution in [0.3, 0.4) is 0 Å². The van der Waals surface area contributed by atoms with Gasteiger partial charge in [0.2, 0.25) is 23.6 Å². The number of likely N-dealkylation sites (N-methyl/N-ethyl adjacent to an activating group) is 1. The molecule has 6 atom stereocenters. The number of benzene rings is 2. The van der Waals surface area contributed by atoms with E-state index < -0.39 is 65.7 Å². The zero-order valence-electron chi connectivity index (χ0n) is 29.5. The van der Waals surface area contributed by atoms with Crippen molar-refractivity contribution in [2.24, 2.45) is 11.8 Å². The maximum Gasteiger partial charge on any atom is 0.326 e. The number of carbonyl (C=O) groups excluding carboxylic acids is 5. The fourth-order valence-electron chi connectivity index (χ4n) is 6.96. The minimum atomic E-state index is -1.08. The summed E-state index contributed by atoms with van der Waals surface area (Å²) in [4.78, 5) is 82.6. The van der Waals surface area contributed by atoms with E-state index in [-0.39, 0.29) is 31.1 Å². The van der Waals surface area contributed by atoms with Crippen molar-refractivity contribution in [2.75, 3.05) is 20.1 Å². The van der Waals surface area contributed by atoms with E-state index in [0.29, 0.717) is 38.6 Å². The molecule has 270 valence electrons. The Morgan fingerprint density at radius 1 is 0.740 bits per heavy atom. The van der Waals surface area contributed by atoms with Crippen LogP contribution in [0.15, 0.2) is 60.7 Å². The Hall–Kier alpha value is -4.58. The number of carbonyl (C=O) groups is 6. The van der Waals surface area contributed by atoms with E-state index in [9.17, 15) is 33.9 Å². The van der Waals surface area contributed by atoms with Crippen molar-refractivity contribution in [1.82, 2.24) is 25.8 Å². The molecule has 0 unspecified atom stereocenters. The van der Waals surface area contributed by atoms with Gasteiger partial charge in [0.25, 0.3) is 0 Å². The van der Waals surface area contributed by atoms with Gasteiger partial charge in [0.1, 0.15) is 24.2 Å². The summed E-state index contributed by atoms with van der Waals surface area (Å²) in [6, 6.07) is 14.5. The molecule has 2 saturated heterocycles. The molecule has 0 spiro atoms. The van der Waals surface area contributed by atoms with E-state index in [2.05, 4.69) is 16.0 Å². The predicted molar refractivity (Wildman–Crippen MR) is 188 cm³/mol. The first-order valence-corrected chi connectivity index (χ1v) is 17.6. The van der Waals surface area contributed by atoms with Crippen molar-refractivity contribution < 1.29 is 33.9 Å². The van der Waals surface area contributed by atoms with Crippen LogP contribution in [-0.2, 0) is 41.6 Å². The van der Waals surface area contributed by atoms with Gasteiger partial charge in [-0.2, -0.15) is 0 Å². The highest BCUT2D eigenvalue weighted by Gasteiger charge is 2.41. The van der Waals surface area contributed by atoms with Crippen LogP contribution in [0.2, 0.25) is 0 Å². The molecule has 4 N–H and O–H groups in total. The molecule has 4 rings (SSSR count). The van der Waals surface area contributed by atoms with Crippen LogP contribution in [0.25, 0.3) is 0 Å². The van der Waals surface area contributed by atoms with E-state index >= 15 is 0 Å². The Bertz CT molecular complexity index is 1500. The Labute approximate surface area is 294 Å². The Morgan fingerprint density at radius 3 is 1.78 bits per heavy atom. The lowest BCUT2D eigenvalue weighted by Gasteiger charge is -2.31. The highest BCUT2D eigenvalue weighted by molar-refractivity contribution is 5.96. The predicted octanol–water partition coefficient (Wildman–Crippen LogP) is 2.35. The molecule has 0 radical (unpaired) electrons. The lowest BCUT2D eigenvalue weighted by Crippen LogP contribution is -2.57. The Kier molecular flexibility index (Phi) is 13.7. The minimum absolute atomic E-state index is 0.00802. The van der Waals surface area contributed by atoms with Crippen LogP contribution in [0, 0.1) is 11.8 Å². The number of aliphatic carboxylic acids is 1. The van der Waals surface area contributed by atoms with Crippen molar-refractivity contribution in [3.63, 3.8) is 0 Å². The topological polar surface area (TPSA) is 165 Å². The molecule has 12 heteroatoms. The van der Waals surface area contributed by atoms with Gasteiger partial charge in [-0.15, -0.1) is 0 Å². The number of Topliss-reactive ketones (excluding diaryl/α,β-unsaturated/α-hetero) is 1. The van der Waals surface area contributed by atoms with Gasteiger partial charge in [0.05, 0.1) is 6.04 Å². The van der Waals surface area contributed by atoms with Crippen LogP contribution in [0.1, 0.15) is 64.0 Å². The molecule has 12 nitrogen and oxygen atoms in total. The number of hydrogen-bond acceptors (Lipinski definition) is 7. The molecule has 2 fully saturated rings. The molecule has 2 aliphatic heterocycles. The highest BCUT2D eigenvalue weighted by atomic mass is 16.4. The van der Waals surface area contributed by atoms with Gasteiger partial charge in [-0.1, -0.05) is 74.5 Å². The van der Waals surface area contributed by atoms with E-state index in [1.165, 1.54) is 9.80 Å². The number of carboxylic acids is 1. The molecule has 0 saturated carbocycles. The van der Waals surface area contributed by atoms with Gasteiger partial charge in [0, 0.05) is 31.8 Å². The summed E-state index contributed by atoms with van der Waals surface area (Å²) in [6.45, 7) is 5.89. The quantitative estimate of drug-likeness (QED) is 0.209. The fourth-order valence-corrected chi connectivity index (χ4v) is 6.96. The van der Waals surface area contributed by atoms with Crippen LogP contribution in [0.4, 0.5) is 0 Å². The average Bonchev–Trinajstić information content (AvgIpc) is 3.80. The zero-order chi connectivity index (χ0) is 36.4. The van der Waals surface area contributed by atoms with Crippen molar-refractivity contribution in [2.45, 2.75) is 95.9 Å².